The first-order valence-corrected chi connectivity index (χ1v) is 9.59. The molecule has 4 N–H and O–H groups in total. The fourth-order valence-electron chi connectivity index (χ4n) is 2.34. The summed E-state index contributed by atoms with van der Waals surface area (Å²) < 4.78 is 27.5. The summed E-state index contributed by atoms with van der Waals surface area (Å²) in [6, 6.07) is 12.3. The molecule has 0 heterocycles. The lowest BCUT2D eigenvalue weighted by molar-refractivity contribution is -0.115. The van der Waals surface area contributed by atoms with Gasteiger partial charge < -0.3 is 15.4 Å². The predicted molar refractivity (Wildman–Crippen MR) is 101 cm³/mol. The number of carbonyl (C=O) groups excluding carboxylic acids is 2. The van der Waals surface area contributed by atoms with Gasteiger partial charge in [-0.15, -0.1) is 0 Å². The number of carbonyl (C=O) groups is 2. The molecule has 0 fully saturated rings. The summed E-state index contributed by atoms with van der Waals surface area (Å²) in [5, 5.41) is 10.8. The third-order valence-electron chi connectivity index (χ3n) is 3.85. The molecule has 8 nitrogen and oxygen atoms in total. The summed E-state index contributed by atoms with van der Waals surface area (Å²) in [7, 11) is -2.49. The Morgan fingerprint density at radius 1 is 1.15 bits per heavy atom. The maximum Gasteiger partial charge on any atom is 0.337 e. The summed E-state index contributed by atoms with van der Waals surface area (Å²) in [6.45, 7) is 1.82. The van der Waals surface area contributed by atoms with E-state index in [4.69, 9.17) is 5.14 Å². The van der Waals surface area contributed by atoms with Gasteiger partial charge in [-0.2, -0.15) is 0 Å². The Labute approximate surface area is 157 Å². The van der Waals surface area contributed by atoms with Crippen molar-refractivity contribution in [3.63, 3.8) is 0 Å². The first-order valence-electron chi connectivity index (χ1n) is 8.05. The van der Waals surface area contributed by atoms with E-state index in [1.165, 1.54) is 19.2 Å². The predicted octanol–water partition coefficient (Wildman–Crippen LogP) is 1.41. The molecule has 2 aromatic carbocycles. The van der Waals surface area contributed by atoms with Crippen LogP contribution in [0.2, 0.25) is 0 Å². The van der Waals surface area contributed by atoms with Gasteiger partial charge in [0.15, 0.2) is 0 Å². The molecule has 1 amide bonds. The van der Waals surface area contributed by atoms with Gasteiger partial charge in [-0.05, 0) is 48.9 Å². The molecule has 2 aromatic rings. The molecule has 0 saturated carbocycles. The standard InChI is InChI=1S/C18H21N3O5S/c1-12(14-4-3-5-16(10-14)27(19,24)25)20-11-17(22)21-15-8-6-13(7-9-15)18(23)26-2/h3-10,12,20H,11H2,1-2H3,(H,21,22)(H2,19,24,25)/t12-/m0/s1. The molecule has 0 bridgehead atoms. The molecule has 0 saturated heterocycles. The summed E-state index contributed by atoms with van der Waals surface area (Å²) >= 11 is 0. The Morgan fingerprint density at radius 3 is 2.41 bits per heavy atom. The van der Waals surface area contributed by atoms with Crippen LogP contribution in [-0.2, 0) is 19.6 Å². The number of primary sulfonamides is 1. The zero-order chi connectivity index (χ0) is 20.0. The van der Waals surface area contributed by atoms with Crippen LogP contribution in [0.4, 0.5) is 5.69 Å². The molecule has 27 heavy (non-hydrogen) atoms. The fourth-order valence-corrected chi connectivity index (χ4v) is 2.91. The van der Waals surface area contributed by atoms with Gasteiger partial charge >= 0.3 is 5.97 Å². The van der Waals surface area contributed by atoms with Crippen molar-refractivity contribution in [2.75, 3.05) is 19.0 Å². The van der Waals surface area contributed by atoms with Gasteiger partial charge in [0.2, 0.25) is 15.9 Å². The van der Waals surface area contributed by atoms with Crippen LogP contribution in [0.5, 0.6) is 0 Å². The summed E-state index contributed by atoms with van der Waals surface area (Å²) in [5.41, 5.74) is 1.62. The molecule has 2 rings (SSSR count). The minimum absolute atomic E-state index is 0.0134. The highest BCUT2D eigenvalue weighted by atomic mass is 32.2. The quantitative estimate of drug-likeness (QED) is 0.612. The van der Waals surface area contributed by atoms with Gasteiger partial charge in [-0.1, -0.05) is 12.1 Å². The lowest BCUT2D eigenvalue weighted by Crippen LogP contribution is -2.30. The van der Waals surface area contributed by atoms with Crippen LogP contribution in [0.15, 0.2) is 53.4 Å². The molecular weight excluding hydrogens is 370 g/mol. The second-order valence-electron chi connectivity index (χ2n) is 5.84. The topological polar surface area (TPSA) is 128 Å². The highest BCUT2D eigenvalue weighted by molar-refractivity contribution is 7.89. The SMILES string of the molecule is COC(=O)c1ccc(NC(=O)CN[C@@H](C)c2cccc(S(N)(=O)=O)c2)cc1. The van der Waals surface area contributed by atoms with Crippen LogP contribution in [0.25, 0.3) is 0 Å². The maximum atomic E-state index is 12.1. The highest BCUT2D eigenvalue weighted by Gasteiger charge is 2.13. The monoisotopic (exact) mass is 391 g/mol. The van der Waals surface area contributed by atoms with Crippen molar-refractivity contribution >= 4 is 27.6 Å². The molecule has 0 aliphatic carbocycles. The normalized spacial score (nSPS) is 12.3. The highest BCUT2D eigenvalue weighted by Crippen LogP contribution is 2.16. The minimum Gasteiger partial charge on any atom is -0.465 e. The number of methoxy groups -OCH3 is 1. The number of ether oxygens (including phenoxy) is 1. The number of hydrogen-bond donors (Lipinski definition) is 3. The van der Waals surface area contributed by atoms with Gasteiger partial charge in [-0.25, -0.2) is 18.4 Å². The summed E-state index contributed by atoms with van der Waals surface area (Å²) in [6.07, 6.45) is 0. The van der Waals surface area contributed by atoms with E-state index >= 15 is 0 Å². The number of esters is 1. The van der Waals surface area contributed by atoms with E-state index in [-0.39, 0.29) is 23.4 Å². The van der Waals surface area contributed by atoms with Gasteiger partial charge in [0.25, 0.3) is 0 Å². The second kappa shape index (κ2) is 8.76. The minimum atomic E-state index is -3.78. The molecule has 0 spiro atoms. The van der Waals surface area contributed by atoms with E-state index < -0.39 is 16.0 Å². The van der Waals surface area contributed by atoms with Crippen LogP contribution in [0, 0.1) is 0 Å². The van der Waals surface area contributed by atoms with Gasteiger partial charge in [-0.3, -0.25) is 4.79 Å². The third-order valence-corrected chi connectivity index (χ3v) is 4.76. The molecule has 0 aliphatic rings. The van der Waals surface area contributed by atoms with Crippen molar-refractivity contribution in [3.05, 3.63) is 59.7 Å². The van der Waals surface area contributed by atoms with E-state index in [0.717, 1.165) is 0 Å². The lowest BCUT2D eigenvalue weighted by atomic mass is 10.1. The van der Waals surface area contributed by atoms with Crippen molar-refractivity contribution in [2.45, 2.75) is 17.9 Å². The molecule has 0 radical (unpaired) electrons. The first-order chi connectivity index (χ1) is 12.7. The van der Waals surface area contributed by atoms with Gasteiger partial charge in [0.1, 0.15) is 0 Å². The van der Waals surface area contributed by atoms with Crippen molar-refractivity contribution in [1.29, 1.82) is 0 Å². The van der Waals surface area contributed by atoms with Crippen molar-refractivity contribution < 1.29 is 22.7 Å². The average molecular weight is 391 g/mol. The first kappa shape index (κ1) is 20.6. The smallest absolute Gasteiger partial charge is 0.337 e. The number of nitrogens with two attached hydrogens (primary N) is 1. The maximum absolute atomic E-state index is 12.1. The largest absolute Gasteiger partial charge is 0.465 e. The summed E-state index contributed by atoms with van der Waals surface area (Å²) in [4.78, 5) is 23.5. The number of amides is 1. The van der Waals surface area contributed by atoms with Crippen LogP contribution in [0.1, 0.15) is 28.9 Å². The number of benzene rings is 2. The Kier molecular flexibility index (Phi) is 6.67. The van der Waals surface area contributed by atoms with Gasteiger partial charge in [0, 0.05) is 11.7 Å². The van der Waals surface area contributed by atoms with E-state index in [1.807, 2.05) is 0 Å². The summed E-state index contributed by atoms with van der Waals surface area (Å²) in [5.74, 6) is -0.736. The molecule has 0 aliphatic heterocycles. The van der Waals surface area contributed by atoms with E-state index in [2.05, 4.69) is 15.4 Å². The number of nitrogens with one attached hydrogen (secondary N) is 2. The molecular formula is C18H21N3O5S. The van der Waals surface area contributed by atoms with Crippen molar-refractivity contribution in [3.8, 4) is 0 Å². The van der Waals surface area contributed by atoms with E-state index in [9.17, 15) is 18.0 Å². The van der Waals surface area contributed by atoms with Crippen molar-refractivity contribution in [1.82, 2.24) is 5.32 Å². The molecule has 9 heteroatoms. The van der Waals surface area contributed by atoms with E-state index in [1.54, 1.807) is 43.3 Å². The fraction of sp³-hybridized carbons (Fsp3) is 0.222. The van der Waals surface area contributed by atoms with Crippen molar-refractivity contribution in [2.24, 2.45) is 5.14 Å². The molecule has 144 valence electrons. The second-order valence-corrected chi connectivity index (χ2v) is 7.40. The number of hydrogen-bond acceptors (Lipinski definition) is 6. The van der Waals surface area contributed by atoms with Crippen LogP contribution in [-0.4, -0.2) is 33.9 Å². The van der Waals surface area contributed by atoms with Crippen LogP contribution < -0.4 is 15.8 Å². The number of anilines is 1. The van der Waals surface area contributed by atoms with Crippen LogP contribution >= 0.6 is 0 Å². The Bertz CT molecular complexity index is 926. The Balaban J connectivity index is 1.92. The average Bonchev–Trinajstić information content (AvgIpc) is 2.65. The Hall–Kier alpha value is -2.75. The zero-order valence-corrected chi connectivity index (χ0v) is 15.7. The van der Waals surface area contributed by atoms with E-state index in [0.29, 0.717) is 16.8 Å². The van der Waals surface area contributed by atoms with Crippen LogP contribution in [0.3, 0.4) is 0 Å². The molecule has 0 aromatic heterocycles. The molecule has 0 unspecified atom stereocenters. The number of rotatable bonds is 7. The third kappa shape index (κ3) is 5.88. The number of sulfonamides is 1. The Morgan fingerprint density at radius 2 is 1.81 bits per heavy atom. The molecule has 1 atom stereocenters. The lowest BCUT2D eigenvalue weighted by Gasteiger charge is -2.15. The zero-order valence-electron chi connectivity index (χ0n) is 14.9. The van der Waals surface area contributed by atoms with Gasteiger partial charge in [0.05, 0.1) is 24.1 Å².